The molecular formula is C12H22O2. The second-order valence-electron chi connectivity index (χ2n) is 5.70. The van der Waals surface area contributed by atoms with Crippen molar-refractivity contribution in [3.8, 4) is 0 Å². The van der Waals surface area contributed by atoms with Crippen LogP contribution in [-0.2, 0) is 9.53 Å². The first kappa shape index (κ1) is 11.7. The number of hydrogen-bond donors (Lipinski definition) is 0. The monoisotopic (exact) mass is 198 g/mol. The lowest BCUT2D eigenvalue weighted by atomic mass is 9.76. The van der Waals surface area contributed by atoms with Crippen LogP contribution >= 0.6 is 0 Å². The fourth-order valence-electron chi connectivity index (χ4n) is 1.95. The van der Waals surface area contributed by atoms with E-state index >= 15 is 0 Å². The summed E-state index contributed by atoms with van der Waals surface area (Å²) in [7, 11) is 0. The van der Waals surface area contributed by atoms with Gasteiger partial charge in [-0.25, -0.2) is 0 Å². The molecule has 1 saturated carbocycles. The minimum atomic E-state index is -0.605. The van der Waals surface area contributed by atoms with E-state index in [2.05, 4.69) is 13.8 Å². The lowest BCUT2D eigenvalue weighted by molar-refractivity contribution is -0.138. The third-order valence-corrected chi connectivity index (χ3v) is 3.04. The predicted molar refractivity (Wildman–Crippen MR) is 57.3 cm³/mol. The van der Waals surface area contributed by atoms with Crippen molar-refractivity contribution in [1.82, 2.24) is 0 Å². The van der Waals surface area contributed by atoms with Gasteiger partial charge in [-0.1, -0.05) is 13.8 Å². The summed E-state index contributed by atoms with van der Waals surface area (Å²) >= 11 is 0. The smallest absolute Gasteiger partial charge is 0.151 e. The second kappa shape index (κ2) is 4.01. The average Bonchev–Trinajstić information content (AvgIpc) is 2.09. The van der Waals surface area contributed by atoms with E-state index in [4.69, 9.17) is 4.74 Å². The van der Waals surface area contributed by atoms with Crippen LogP contribution in [-0.4, -0.2) is 18.0 Å². The van der Waals surface area contributed by atoms with Crippen LogP contribution in [0.25, 0.3) is 0 Å². The van der Waals surface area contributed by atoms with Crippen molar-refractivity contribution in [3.05, 3.63) is 0 Å². The molecule has 0 radical (unpaired) electrons. The summed E-state index contributed by atoms with van der Waals surface area (Å²) < 4.78 is 5.75. The maximum absolute atomic E-state index is 10.7. The van der Waals surface area contributed by atoms with Gasteiger partial charge < -0.3 is 9.53 Å². The van der Waals surface area contributed by atoms with Crippen molar-refractivity contribution in [2.75, 3.05) is 0 Å². The Hall–Kier alpha value is -0.370. The Bertz CT molecular complexity index is 196. The van der Waals surface area contributed by atoms with Gasteiger partial charge in [0.05, 0.1) is 6.10 Å². The van der Waals surface area contributed by atoms with Gasteiger partial charge in [-0.05, 0) is 44.9 Å². The zero-order chi connectivity index (χ0) is 10.8. The maximum atomic E-state index is 10.7. The normalized spacial score (nSPS) is 23.4. The molecular weight excluding hydrogens is 176 g/mol. The van der Waals surface area contributed by atoms with Gasteiger partial charge in [-0.2, -0.15) is 0 Å². The van der Waals surface area contributed by atoms with E-state index in [1.165, 1.54) is 12.8 Å². The zero-order valence-electron chi connectivity index (χ0n) is 9.80. The van der Waals surface area contributed by atoms with Gasteiger partial charge in [0.2, 0.25) is 0 Å². The molecule has 0 aromatic carbocycles. The Morgan fingerprint density at radius 2 is 1.79 bits per heavy atom. The van der Waals surface area contributed by atoms with Gasteiger partial charge in [0, 0.05) is 0 Å². The van der Waals surface area contributed by atoms with Crippen molar-refractivity contribution in [3.63, 3.8) is 0 Å². The molecule has 0 unspecified atom stereocenters. The van der Waals surface area contributed by atoms with Crippen LogP contribution < -0.4 is 0 Å². The van der Waals surface area contributed by atoms with E-state index in [0.29, 0.717) is 5.41 Å². The Kier molecular flexibility index (Phi) is 3.36. The van der Waals surface area contributed by atoms with E-state index in [1.54, 1.807) is 0 Å². The van der Waals surface area contributed by atoms with Crippen LogP contribution in [0.2, 0.25) is 0 Å². The largest absolute Gasteiger partial charge is 0.365 e. The molecule has 1 aliphatic rings. The van der Waals surface area contributed by atoms with Gasteiger partial charge >= 0.3 is 0 Å². The molecule has 0 bridgehead atoms. The molecule has 0 N–H and O–H groups in total. The van der Waals surface area contributed by atoms with Gasteiger partial charge in [0.1, 0.15) is 5.60 Å². The van der Waals surface area contributed by atoms with Crippen LogP contribution in [0.1, 0.15) is 53.4 Å². The highest BCUT2D eigenvalue weighted by Gasteiger charge is 2.30. The minimum Gasteiger partial charge on any atom is -0.365 e. The molecule has 2 heteroatoms. The molecule has 0 spiro atoms. The number of carbonyl (C=O) groups excluding carboxylic acids is 1. The minimum absolute atomic E-state index is 0.281. The first-order chi connectivity index (χ1) is 6.35. The average molecular weight is 198 g/mol. The second-order valence-corrected chi connectivity index (χ2v) is 5.70. The fourth-order valence-corrected chi connectivity index (χ4v) is 1.95. The summed E-state index contributed by atoms with van der Waals surface area (Å²) in [5.74, 6) is 0. The number of ether oxygens (including phenoxy) is 1. The lowest BCUT2D eigenvalue weighted by Crippen LogP contribution is -2.35. The van der Waals surface area contributed by atoms with Crippen molar-refractivity contribution >= 4 is 6.29 Å². The van der Waals surface area contributed by atoms with E-state index < -0.39 is 5.60 Å². The summed E-state index contributed by atoms with van der Waals surface area (Å²) in [5.41, 5.74) is -0.142. The van der Waals surface area contributed by atoms with Crippen LogP contribution in [0.4, 0.5) is 0 Å². The Labute approximate surface area is 87.0 Å². The molecule has 1 fully saturated rings. The highest BCUT2D eigenvalue weighted by molar-refractivity contribution is 5.60. The molecule has 0 aromatic heterocycles. The molecule has 1 rings (SSSR count). The predicted octanol–water partition coefficient (Wildman–Crippen LogP) is 2.95. The maximum Gasteiger partial charge on any atom is 0.151 e. The lowest BCUT2D eigenvalue weighted by Gasteiger charge is -2.36. The van der Waals surface area contributed by atoms with E-state index in [9.17, 15) is 4.79 Å². The van der Waals surface area contributed by atoms with E-state index in [1.807, 2.05) is 13.8 Å². The van der Waals surface area contributed by atoms with E-state index in [0.717, 1.165) is 19.1 Å². The Balaban J connectivity index is 2.40. The molecule has 0 amide bonds. The molecule has 1 aliphatic carbocycles. The highest BCUT2D eigenvalue weighted by Crippen LogP contribution is 2.37. The van der Waals surface area contributed by atoms with Crippen LogP contribution in [0.3, 0.4) is 0 Å². The summed E-state index contributed by atoms with van der Waals surface area (Å²) in [6.45, 7) is 8.27. The fraction of sp³-hybridized carbons (Fsp3) is 0.917. The molecule has 0 aromatic rings. The SMILES string of the molecule is CC1(C)CCC(OC(C)(C)C=O)CC1. The summed E-state index contributed by atoms with van der Waals surface area (Å²) in [5, 5.41) is 0. The Morgan fingerprint density at radius 3 is 2.21 bits per heavy atom. The third-order valence-electron chi connectivity index (χ3n) is 3.04. The summed E-state index contributed by atoms with van der Waals surface area (Å²) in [6, 6.07) is 0. The zero-order valence-corrected chi connectivity index (χ0v) is 9.80. The summed E-state index contributed by atoms with van der Waals surface area (Å²) in [4.78, 5) is 10.7. The quantitative estimate of drug-likeness (QED) is 0.652. The Morgan fingerprint density at radius 1 is 1.29 bits per heavy atom. The highest BCUT2D eigenvalue weighted by atomic mass is 16.5. The number of aldehydes is 1. The summed E-state index contributed by atoms with van der Waals surface area (Å²) in [6.07, 6.45) is 5.75. The van der Waals surface area contributed by atoms with Crippen LogP contribution in [0.15, 0.2) is 0 Å². The standard InChI is InChI=1S/C12H22O2/c1-11(2)7-5-10(6-8-11)14-12(3,4)9-13/h9-10H,5-8H2,1-4H3. The number of carbonyl (C=O) groups is 1. The van der Waals surface area contributed by atoms with Gasteiger partial charge in [-0.3, -0.25) is 0 Å². The number of rotatable bonds is 3. The molecule has 0 saturated heterocycles. The van der Waals surface area contributed by atoms with Gasteiger partial charge in [0.15, 0.2) is 6.29 Å². The van der Waals surface area contributed by atoms with Crippen molar-refractivity contribution in [1.29, 1.82) is 0 Å². The molecule has 0 heterocycles. The van der Waals surface area contributed by atoms with Crippen LogP contribution in [0.5, 0.6) is 0 Å². The van der Waals surface area contributed by atoms with Gasteiger partial charge in [-0.15, -0.1) is 0 Å². The topological polar surface area (TPSA) is 26.3 Å². The van der Waals surface area contributed by atoms with Crippen LogP contribution in [0, 0.1) is 5.41 Å². The molecule has 0 atom stereocenters. The molecule has 14 heavy (non-hydrogen) atoms. The van der Waals surface area contributed by atoms with Crippen molar-refractivity contribution in [2.45, 2.75) is 65.1 Å². The van der Waals surface area contributed by atoms with Crippen molar-refractivity contribution in [2.24, 2.45) is 5.41 Å². The first-order valence-corrected chi connectivity index (χ1v) is 5.49. The number of hydrogen-bond acceptors (Lipinski definition) is 2. The first-order valence-electron chi connectivity index (χ1n) is 5.49. The third kappa shape index (κ3) is 3.41. The molecule has 82 valence electrons. The van der Waals surface area contributed by atoms with Crippen molar-refractivity contribution < 1.29 is 9.53 Å². The molecule has 0 aliphatic heterocycles. The molecule has 2 nitrogen and oxygen atoms in total. The van der Waals surface area contributed by atoms with Gasteiger partial charge in [0.25, 0.3) is 0 Å². The van der Waals surface area contributed by atoms with E-state index in [-0.39, 0.29) is 6.10 Å².